The topological polar surface area (TPSA) is 236 Å². The van der Waals surface area contributed by atoms with Gasteiger partial charge in [-0.3, -0.25) is 0 Å². The van der Waals surface area contributed by atoms with E-state index in [9.17, 15) is 9.59 Å². The molecule has 0 rings (SSSR count). The van der Waals surface area contributed by atoms with Crippen molar-refractivity contribution in [1.82, 2.24) is 0 Å². The third-order valence-electron chi connectivity index (χ3n) is 2.32. The normalized spacial score (nSPS) is 18.1. The molecule has 6 atom stereocenters. The van der Waals surface area contributed by atoms with Crippen molar-refractivity contribution in [2.45, 2.75) is 36.6 Å². The number of hydrogen-bond donors (Lipinski definition) is 10. The summed E-state index contributed by atoms with van der Waals surface area (Å²) >= 11 is 0. The molecule has 0 aromatic rings. The Hall–Kier alpha value is -0.861. The second-order valence-electron chi connectivity index (χ2n) is 4.05. The molecule has 0 aromatic heterocycles. The van der Waals surface area contributed by atoms with Gasteiger partial charge in [0.2, 0.25) is 0 Å². The van der Waals surface area contributed by atoms with Gasteiger partial charge < -0.3 is 51.1 Å². The van der Waals surface area contributed by atoms with Crippen LogP contribution in [-0.2, 0) is 26.7 Å². The predicted octanol–water partition coefficient (Wildman–Crippen LogP) is -5.71. The molecule has 12 nitrogen and oxygen atoms in total. The van der Waals surface area contributed by atoms with Gasteiger partial charge in [-0.1, -0.05) is 0 Å². The van der Waals surface area contributed by atoms with Gasteiger partial charge in [0.05, 0.1) is 13.2 Å². The van der Waals surface area contributed by atoms with E-state index in [1.54, 1.807) is 0 Å². The molecule has 0 aliphatic carbocycles. The third kappa shape index (κ3) is 10.5. The summed E-state index contributed by atoms with van der Waals surface area (Å²) in [4.78, 5) is 19.9. The summed E-state index contributed by atoms with van der Waals surface area (Å²) in [5, 5.41) is 84.5. The Bertz CT molecular complexity index is 308. The van der Waals surface area contributed by atoms with Crippen LogP contribution in [-0.4, -0.2) is 113 Å². The molecule has 140 valence electrons. The zero-order valence-electron chi connectivity index (χ0n) is 11.5. The molecule has 0 radical (unpaired) electrons. The minimum Gasteiger partial charge on any atom is -0.479 e. The van der Waals surface area contributed by atoms with Crippen LogP contribution in [0.15, 0.2) is 0 Å². The van der Waals surface area contributed by atoms with E-state index >= 15 is 0 Å². The van der Waals surface area contributed by atoms with E-state index in [0.29, 0.717) is 0 Å². The summed E-state index contributed by atoms with van der Waals surface area (Å²) in [5.74, 6) is -3.30. The van der Waals surface area contributed by atoms with Gasteiger partial charge >= 0.3 is 11.9 Å². The minimum atomic E-state index is -2.07. The van der Waals surface area contributed by atoms with E-state index in [1.165, 1.54) is 0 Å². The molecule has 0 aliphatic heterocycles. The van der Waals surface area contributed by atoms with E-state index in [4.69, 9.17) is 51.1 Å². The van der Waals surface area contributed by atoms with Crippen LogP contribution in [0.25, 0.3) is 0 Å². The summed E-state index contributed by atoms with van der Waals surface area (Å²) in [6.07, 6.45) is -11.1. The van der Waals surface area contributed by atoms with Crippen LogP contribution in [0.1, 0.15) is 0 Å². The van der Waals surface area contributed by atoms with Crippen molar-refractivity contribution < 1.29 is 77.7 Å². The maximum absolute atomic E-state index is 9.96. The van der Waals surface area contributed by atoms with E-state index in [0.717, 1.165) is 0 Å². The number of rotatable bonds is 8. The van der Waals surface area contributed by atoms with Gasteiger partial charge in [0.25, 0.3) is 0 Å². The van der Waals surface area contributed by atoms with E-state index in [1.807, 2.05) is 0 Å². The van der Waals surface area contributed by atoms with Crippen LogP contribution >= 0.6 is 0 Å². The Morgan fingerprint density at radius 1 is 0.652 bits per heavy atom. The smallest absolute Gasteiger partial charge is 0.335 e. The summed E-state index contributed by atoms with van der Waals surface area (Å²) < 4.78 is 0. The number of carboxylic acid groups (broad SMARTS) is 2. The number of aliphatic hydroxyl groups excluding tert-OH is 8. The van der Waals surface area contributed by atoms with E-state index in [-0.39, 0.29) is 17.1 Å². The first kappa shape index (κ1) is 27.0. The van der Waals surface area contributed by atoms with Crippen molar-refractivity contribution in [2.24, 2.45) is 0 Å². The van der Waals surface area contributed by atoms with Gasteiger partial charge in [0.15, 0.2) is 12.2 Å². The number of aliphatic carboxylic acids is 2. The Morgan fingerprint density at radius 3 is 1.00 bits per heavy atom. The van der Waals surface area contributed by atoms with Crippen molar-refractivity contribution in [2.75, 3.05) is 13.2 Å². The first-order chi connectivity index (χ1) is 10.0. The van der Waals surface area contributed by atoms with Crippen molar-refractivity contribution in [3.05, 3.63) is 0 Å². The van der Waals surface area contributed by atoms with Crippen LogP contribution in [0, 0.1) is 0 Å². The van der Waals surface area contributed by atoms with Crippen molar-refractivity contribution >= 4 is 11.9 Å². The molecule has 0 bridgehead atoms. The van der Waals surface area contributed by atoms with Crippen LogP contribution in [0.4, 0.5) is 0 Å². The number of aliphatic hydroxyl groups is 8. The third-order valence-corrected chi connectivity index (χ3v) is 2.32. The minimum absolute atomic E-state index is 0. The molecule has 13 heteroatoms. The van der Waals surface area contributed by atoms with Crippen LogP contribution in [0.5, 0.6) is 0 Å². The van der Waals surface area contributed by atoms with Gasteiger partial charge in [-0.25, -0.2) is 9.59 Å². The molecule has 0 aliphatic rings. The molecular weight excluding hydrogens is 368 g/mol. The summed E-state index contributed by atoms with van der Waals surface area (Å²) in [6.45, 7) is -1.60. The molecule has 0 saturated heterocycles. The van der Waals surface area contributed by atoms with Crippen LogP contribution in [0.2, 0.25) is 0 Å². The van der Waals surface area contributed by atoms with Gasteiger partial charge in [0.1, 0.15) is 24.4 Å². The summed E-state index contributed by atoms with van der Waals surface area (Å²) in [6, 6.07) is 0. The molecular formula is C10H20FeO12. The monoisotopic (exact) mass is 388 g/mol. The molecule has 0 saturated carbocycles. The Kier molecular flexibility index (Phi) is 15.9. The maximum Gasteiger partial charge on any atom is 0.335 e. The van der Waals surface area contributed by atoms with Crippen LogP contribution < -0.4 is 0 Å². The maximum atomic E-state index is 9.96. The number of carboxylic acids is 2. The fraction of sp³-hybridized carbons (Fsp3) is 0.800. The zero-order chi connectivity index (χ0) is 18.0. The second-order valence-corrected chi connectivity index (χ2v) is 4.05. The molecule has 23 heavy (non-hydrogen) atoms. The quantitative estimate of drug-likeness (QED) is 0.175. The fourth-order valence-corrected chi connectivity index (χ4v) is 0.929. The zero-order valence-corrected chi connectivity index (χ0v) is 12.6. The fourth-order valence-electron chi connectivity index (χ4n) is 0.929. The van der Waals surface area contributed by atoms with Crippen LogP contribution in [0.3, 0.4) is 0 Å². The van der Waals surface area contributed by atoms with Crippen molar-refractivity contribution in [3.63, 3.8) is 0 Å². The summed E-state index contributed by atoms with van der Waals surface area (Å²) in [7, 11) is 0. The second kappa shape index (κ2) is 13.6. The largest absolute Gasteiger partial charge is 0.479 e. The molecule has 0 heterocycles. The van der Waals surface area contributed by atoms with Gasteiger partial charge in [-0.2, -0.15) is 0 Å². The Balaban J connectivity index is -0.000000333. The van der Waals surface area contributed by atoms with Gasteiger partial charge in [0, 0.05) is 17.1 Å². The molecule has 0 unspecified atom stereocenters. The molecule has 10 N–H and O–H groups in total. The first-order valence-corrected chi connectivity index (χ1v) is 5.76. The van der Waals surface area contributed by atoms with Crippen molar-refractivity contribution in [3.8, 4) is 0 Å². The molecule has 0 spiro atoms. The average molecular weight is 388 g/mol. The van der Waals surface area contributed by atoms with Gasteiger partial charge in [-0.05, 0) is 0 Å². The standard InChI is InChI=1S/2C5H10O6.Fe/c2*6-1-2(7)3(8)4(9)5(10)11;/h2*2-4,6-9H,1H2,(H,10,11);/t2*2-,3-,4-;/m11./s1. The van der Waals surface area contributed by atoms with E-state index < -0.39 is 61.8 Å². The number of hydrogen-bond acceptors (Lipinski definition) is 10. The number of carbonyl (C=O) groups is 2. The summed E-state index contributed by atoms with van der Waals surface area (Å²) in [5.41, 5.74) is 0. The molecule has 0 aromatic carbocycles. The average Bonchev–Trinajstić information content (AvgIpc) is 2.50. The first-order valence-electron chi connectivity index (χ1n) is 5.76. The SMILES string of the molecule is O=C(O)[C@H](O)[C@H](O)[C@H](O)CO.O=C(O)[C@H](O)[C@H](O)[C@H](O)CO.[Fe]. The van der Waals surface area contributed by atoms with Gasteiger partial charge in [-0.15, -0.1) is 0 Å². The predicted molar refractivity (Wildman–Crippen MR) is 65.5 cm³/mol. The Morgan fingerprint density at radius 2 is 0.870 bits per heavy atom. The van der Waals surface area contributed by atoms with E-state index in [2.05, 4.69) is 0 Å². The molecule has 0 amide bonds. The molecule has 0 fully saturated rings. The van der Waals surface area contributed by atoms with Crippen molar-refractivity contribution in [1.29, 1.82) is 0 Å². The Labute approximate surface area is 140 Å².